The van der Waals surface area contributed by atoms with Crippen molar-refractivity contribution in [3.8, 4) is 11.5 Å². The molecule has 0 aliphatic carbocycles. The number of rotatable bonds is 5. The van der Waals surface area contributed by atoms with Crippen LogP contribution in [0.4, 0.5) is 0 Å². The van der Waals surface area contributed by atoms with Crippen LogP contribution in [0.2, 0.25) is 5.02 Å². The Morgan fingerprint density at radius 3 is 2.40 bits per heavy atom. The predicted octanol–water partition coefficient (Wildman–Crippen LogP) is 3.60. The Kier molecular flexibility index (Phi) is 4.88. The van der Waals surface area contributed by atoms with Crippen molar-refractivity contribution >= 4 is 11.6 Å². The number of hydrogen-bond donors (Lipinski definition) is 1. The number of nitrogens with two attached hydrogens (primary N) is 1. The fourth-order valence-electron chi connectivity index (χ4n) is 2.14. The van der Waals surface area contributed by atoms with Crippen molar-refractivity contribution in [2.45, 2.75) is 12.5 Å². The smallest absolute Gasteiger partial charge is 0.179 e. The molecule has 3 nitrogen and oxygen atoms in total. The number of benzene rings is 2. The first-order valence-electron chi connectivity index (χ1n) is 6.36. The molecule has 4 heteroatoms. The van der Waals surface area contributed by atoms with Crippen molar-refractivity contribution in [3.63, 3.8) is 0 Å². The molecule has 1 atom stereocenters. The molecule has 2 rings (SSSR count). The van der Waals surface area contributed by atoms with Crippen molar-refractivity contribution in [1.82, 2.24) is 0 Å². The second-order valence-electron chi connectivity index (χ2n) is 4.53. The molecule has 0 bridgehead atoms. The van der Waals surface area contributed by atoms with Gasteiger partial charge in [-0.3, -0.25) is 0 Å². The molecule has 0 saturated carbocycles. The van der Waals surface area contributed by atoms with Gasteiger partial charge in [-0.05, 0) is 29.7 Å². The monoisotopic (exact) mass is 291 g/mol. The van der Waals surface area contributed by atoms with E-state index in [1.54, 1.807) is 14.2 Å². The van der Waals surface area contributed by atoms with Gasteiger partial charge >= 0.3 is 0 Å². The third-order valence-electron chi connectivity index (χ3n) is 3.18. The molecule has 106 valence electrons. The van der Waals surface area contributed by atoms with Crippen LogP contribution >= 0.6 is 11.6 Å². The Labute approximate surface area is 124 Å². The van der Waals surface area contributed by atoms with E-state index in [0.717, 1.165) is 12.0 Å². The Morgan fingerprint density at radius 2 is 1.80 bits per heavy atom. The predicted molar refractivity (Wildman–Crippen MR) is 81.6 cm³/mol. The first-order valence-corrected chi connectivity index (χ1v) is 6.74. The first-order chi connectivity index (χ1) is 9.65. The summed E-state index contributed by atoms with van der Waals surface area (Å²) in [5.74, 6) is 1.13. The second kappa shape index (κ2) is 6.64. The molecule has 0 spiro atoms. The quantitative estimate of drug-likeness (QED) is 0.915. The molecule has 0 aliphatic heterocycles. The van der Waals surface area contributed by atoms with E-state index in [4.69, 9.17) is 26.8 Å². The normalized spacial score (nSPS) is 12.0. The minimum absolute atomic E-state index is 0.144. The summed E-state index contributed by atoms with van der Waals surface area (Å²) in [4.78, 5) is 0. The van der Waals surface area contributed by atoms with Crippen LogP contribution in [-0.4, -0.2) is 14.2 Å². The van der Waals surface area contributed by atoms with E-state index < -0.39 is 0 Å². The molecule has 20 heavy (non-hydrogen) atoms. The minimum Gasteiger partial charge on any atom is -0.493 e. The fraction of sp³-hybridized carbons (Fsp3) is 0.250. The molecular weight excluding hydrogens is 274 g/mol. The van der Waals surface area contributed by atoms with Gasteiger partial charge in [-0.25, -0.2) is 0 Å². The molecule has 0 aromatic heterocycles. The molecule has 2 aromatic carbocycles. The van der Waals surface area contributed by atoms with E-state index in [1.165, 1.54) is 5.56 Å². The van der Waals surface area contributed by atoms with Crippen LogP contribution in [-0.2, 0) is 6.42 Å². The number of methoxy groups -OCH3 is 2. The van der Waals surface area contributed by atoms with Crippen LogP contribution in [0.25, 0.3) is 0 Å². The van der Waals surface area contributed by atoms with E-state index in [2.05, 4.69) is 12.1 Å². The SMILES string of the molecule is COc1cc(C(N)Cc2ccccc2)cc(Cl)c1OC. The van der Waals surface area contributed by atoms with Crippen LogP contribution < -0.4 is 15.2 Å². The van der Waals surface area contributed by atoms with Crippen LogP contribution in [0, 0.1) is 0 Å². The fourth-order valence-corrected chi connectivity index (χ4v) is 2.43. The molecule has 0 heterocycles. The van der Waals surface area contributed by atoms with Crippen LogP contribution in [0.3, 0.4) is 0 Å². The lowest BCUT2D eigenvalue weighted by atomic mass is 9.99. The summed E-state index contributed by atoms with van der Waals surface area (Å²) in [5.41, 5.74) is 8.37. The standard InChI is InChI=1S/C16H18ClNO2/c1-19-15-10-12(9-13(17)16(15)20-2)14(18)8-11-6-4-3-5-7-11/h3-7,9-10,14H,8,18H2,1-2H3. The molecule has 0 amide bonds. The highest BCUT2D eigenvalue weighted by Gasteiger charge is 2.15. The van der Waals surface area contributed by atoms with E-state index in [1.807, 2.05) is 30.3 Å². The third kappa shape index (κ3) is 3.24. The Hall–Kier alpha value is -1.71. The summed E-state index contributed by atoms with van der Waals surface area (Å²) < 4.78 is 10.5. The molecule has 2 N–H and O–H groups in total. The summed E-state index contributed by atoms with van der Waals surface area (Å²) in [6, 6.07) is 13.7. The van der Waals surface area contributed by atoms with Gasteiger partial charge in [0.25, 0.3) is 0 Å². The maximum Gasteiger partial charge on any atom is 0.179 e. The summed E-state index contributed by atoms with van der Waals surface area (Å²) in [7, 11) is 3.15. The highest BCUT2D eigenvalue weighted by atomic mass is 35.5. The Balaban J connectivity index is 2.26. The van der Waals surface area contributed by atoms with Gasteiger partial charge in [-0.2, -0.15) is 0 Å². The van der Waals surface area contributed by atoms with Gasteiger partial charge in [0.2, 0.25) is 0 Å². The molecule has 0 aliphatic rings. The molecule has 0 saturated heterocycles. The highest BCUT2D eigenvalue weighted by Crippen LogP contribution is 2.37. The number of halogens is 1. The molecule has 2 aromatic rings. The van der Waals surface area contributed by atoms with Crippen molar-refractivity contribution < 1.29 is 9.47 Å². The third-order valence-corrected chi connectivity index (χ3v) is 3.46. The number of hydrogen-bond acceptors (Lipinski definition) is 3. The summed E-state index contributed by atoms with van der Waals surface area (Å²) in [6.45, 7) is 0. The highest BCUT2D eigenvalue weighted by molar-refractivity contribution is 6.32. The summed E-state index contributed by atoms with van der Waals surface area (Å²) in [5, 5.41) is 0.505. The number of ether oxygens (including phenoxy) is 2. The Bertz CT molecular complexity index is 572. The lowest BCUT2D eigenvalue weighted by Crippen LogP contribution is -2.13. The average Bonchev–Trinajstić information content (AvgIpc) is 2.47. The van der Waals surface area contributed by atoms with Crippen molar-refractivity contribution in [1.29, 1.82) is 0 Å². The van der Waals surface area contributed by atoms with Gasteiger partial charge in [0.1, 0.15) is 0 Å². The van der Waals surface area contributed by atoms with Gasteiger partial charge in [-0.15, -0.1) is 0 Å². The zero-order valence-electron chi connectivity index (χ0n) is 11.6. The minimum atomic E-state index is -0.144. The van der Waals surface area contributed by atoms with Gasteiger partial charge in [0.15, 0.2) is 11.5 Å². The summed E-state index contributed by atoms with van der Waals surface area (Å²) in [6.07, 6.45) is 0.743. The van der Waals surface area contributed by atoms with Crippen LogP contribution in [0.5, 0.6) is 11.5 Å². The average molecular weight is 292 g/mol. The van der Waals surface area contributed by atoms with E-state index >= 15 is 0 Å². The zero-order valence-corrected chi connectivity index (χ0v) is 12.4. The van der Waals surface area contributed by atoms with Crippen molar-refractivity contribution in [2.24, 2.45) is 5.73 Å². The topological polar surface area (TPSA) is 44.5 Å². The van der Waals surface area contributed by atoms with Crippen LogP contribution in [0.1, 0.15) is 17.2 Å². The largest absolute Gasteiger partial charge is 0.493 e. The molecule has 0 radical (unpaired) electrons. The maximum atomic E-state index is 6.26. The van der Waals surface area contributed by atoms with Crippen molar-refractivity contribution in [2.75, 3.05) is 14.2 Å². The maximum absolute atomic E-state index is 6.26. The lowest BCUT2D eigenvalue weighted by Gasteiger charge is -2.16. The second-order valence-corrected chi connectivity index (χ2v) is 4.94. The van der Waals surface area contributed by atoms with E-state index in [-0.39, 0.29) is 6.04 Å². The van der Waals surface area contributed by atoms with Gasteiger partial charge in [-0.1, -0.05) is 41.9 Å². The zero-order chi connectivity index (χ0) is 14.5. The lowest BCUT2D eigenvalue weighted by molar-refractivity contribution is 0.354. The van der Waals surface area contributed by atoms with E-state index in [9.17, 15) is 0 Å². The van der Waals surface area contributed by atoms with Crippen LogP contribution in [0.15, 0.2) is 42.5 Å². The molecular formula is C16H18ClNO2. The van der Waals surface area contributed by atoms with E-state index in [0.29, 0.717) is 16.5 Å². The van der Waals surface area contributed by atoms with Crippen molar-refractivity contribution in [3.05, 3.63) is 58.6 Å². The Morgan fingerprint density at radius 1 is 1.10 bits per heavy atom. The van der Waals surface area contributed by atoms with Gasteiger partial charge in [0, 0.05) is 6.04 Å². The van der Waals surface area contributed by atoms with Gasteiger partial charge < -0.3 is 15.2 Å². The molecule has 1 unspecified atom stereocenters. The first kappa shape index (κ1) is 14.7. The molecule has 0 fully saturated rings. The van der Waals surface area contributed by atoms with Gasteiger partial charge in [0.05, 0.1) is 19.2 Å². The summed E-state index contributed by atoms with van der Waals surface area (Å²) >= 11 is 6.20.